The Morgan fingerprint density at radius 1 is 1.00 bits per heavy atom. The molecule has 0 aliphatic carbocycles. The van der Waals surface area contributed by atoms with E-state index in [4.69, 9.17) is 5.73 Å². The van der Waals surface area contributed by atoms with Crippen molar-refractivity contribution in [1.29, 1.82) is 0 Å². The van der Waals surface area contributed by atoms with Gasteiger partial charge in [-0.25, -0.2) is 4.39 Å². The molecule has 1 heterocycles. The molecule has 3 aromatic rings. The van der Waals surface area contributed by atoms with Gasteiger partial charge in [-0.05, 0) is 55.5 Å². The third kappa shape index (κ3) is 5.24. The molecule has 0 radical (unpaired) electrons. The van der Waals surface area contributed by atoms with Crippen molar-refractivity contribution in [3.8, 4) is 5.75 Å². The van der Waals surface area contributed by atoms with Crippen LogP contribution in [0.15, 0.2) is 78.9 Å². The lowest BCUT2D eigenvalue weighted by molar-refractivity contribution is -0.122. The van der Waals surface area contributed by atoms with Crippen LogP contribution >= 0.6 is 0 Å². The number of carbonyl (C=O) groups is 1. The molecule has 0 spiro atoms. The monoisotopic (exact) mass is 475 g/mol. The van der Waals surface area contributed by atoms with Crippen LogP contribution < -0.4 is 11.1 Å². The molecule has 0 unspecified atom stereocenters. The first-order chi connectivity index (χ1) is 16.7. The predicted octanol–water partition coefficient (Wildman–Crippen LogP) is 4.34. The van der Waals surface area contributed by atoms with Crippen molar-refractivity contribution < 1.29 is 14.3 Å². The number of phenolic OH excluding ortho intramolecular Hbond substituents is 1. The van der Waals surface area contributed by atoms with Crippen LogP contribution in [0.1, 0.15) is 43.4 Å². The number of nitrogens with one attached hydrogen (secondary N) is 1. The zero-order valence-corrected chi connectivity index (χ0v) is 20.4. The average molecular weight is 476 g/mol. The number of hydrogen-bond acceptors (Lipinski definition) is 4. The highest BCUT2D eigenvalue weighted by Crippen LogP contribution is 2.40. The number of carbonyl (C=O) groups excluding carboxylic acids is 1. The number of nitrogens with two attached hydrogens (primary N) is 1. The fraction of sp³-hybridized carbons (Fsp3) is 0.345. The van der Waals surface area contributed by atoms with Crippen LogP contribution in [0.4, 0.5) is 4.39 Å². The van der Waals surface area contributed by atoms with Crippen LogP contribution in [0.3, 0.4) is 0 Å². The molecule has 0 atom stereocenters. The smallest absolute Gasteiger partial charge is 0.232 e. The first-order valence-corrected chi connectivity index (χ1v) is 12.1. The van der Waals surface area contributed by atoms with Crippen molar-refractivity contribution in [1.82, 2.24) is 10.2 Å². The summed E-state index contributed by atoms with van der Waals surface area (Å²) in [7, 11) is 0. The molecule has 4 N–H and O–H groups in total. The van der Waals surface area contributed by atoms with Crippen LogP contribution in [-0.4, -0.2) is 40.6 Å². The van der Waals surface area contributed by atoms with Gasteiger partial charge < -0.3 is 16.2 Å². The normalized spacial score (nSPS) is 15.1. The fourth-order valence-corrected chi connectivity index (χ4v) is 4.99. The summed E-state index contributed by atoms with van der Waals surface area (Å²) in [5, 5.41) is 13.0. The van der Waals surface area contributed by atoms with Gasteiger partial charge in [0.15, 0.2) is 11.6 Å². The number of halogens is 1. The van der Waals surface area contributed by atoms with Gasteiger partial charge in [0.2, 0.25) is 5.91 Å². The predicted molar refractivity (Wildman–Crippen MR) is 136 cm³/mol. The highest BCUT2D eigenvalue weighted by Gasteiger charge is 2.44. The minimum Gasteiger partial charge on any atom is -0.505 e. The molecule has 0 bridgehead atoms. The van der Waals surface area contributed by atoms with Gasteiger partial charge >= 0.3 is 0 Å². The Bertz CT molecular complexity index is 1110. The minimum atomic E-state index is -0.896. The zero-order valence-electron chi connectivity index (χ0n) is 20.4. The number of amides is 1. The molecule has 1 amide bonds. The Kier molecular flexibility index (Phi) is 7.24. The molecule has 1 saturated heterocycles. The van der Waals surface area contributed by atoms with Gasteiger partial charge in [-0.2, -0.15) is 0 Å². The highest BCUT2D eigenvalue weighted by molar-refractivity contribution is 5.90. The summed E-state index contributed by atoms with van der Waals surface area (Å²) in [5.74, 6) is -1.27. The molecule has 1 aliphatic rings. The lowest BCUT2D eigenvalue weighted by atomic mass is 9.69. The molecule has 3 aromatic carbocycles. The first kappa shape index (κ1) is 24.9. The van der Waals surface area contributed by atoms with Crippen molar-refractivity contribution in [3.05, 3.63) is 101 Å². The second-order valence-electron chi connectivity index (χ2n) is 10.1. The Labute approximate surface area is 206 Å². The topological polar surface area (TPSA) is 78.6 Å². The van der Waals surface area contributed by atoms with Gasteiger partial charge in [-0.3, -0.25) is 9.69 Å². The second kappa shape index (κ2) is 10.2. The van der Waals surface area contributed by atoms with Gasteiger partial charge in [0.05, 0.1) is 5.41 Å². The Morgan fingerprint density at radius 2 is 1.57 bits per heavy atom. The molecular formula is C29H34FN3O2. The van der Waals surface area contributed by atoms with Gasteiger partial charge in [-0.15, -0.1) is 0 Å². The maximum Gasteiger partial charge on any atom is 0.232 e. The van der Waals surface area contributed by atoms with Crippen molar-refractivity contribution in [2.45, 2.75) is 50.2 Å². The van der Waals surface area contributed by atoms with E-state index in [1.54, 1.807) is 6.07 Å². The molecule has 1 fully saturated rings. The minimum absolute atomic E-state index is 0.128. The van der Waals surface area contributed by atoms with E-state index < -0.39 is 11.2 Å². The first-order valence-electron chi connectivity index (χ1n) is 12.1. The van der Waals surface area contributed by atoms with E-state index in [-0.39, 0.29) is 17.2 Å². The van der Waals surface area contributed by atoms with Crippen LogP contribution in [0.5, 0.6) is 5.75 Å². The summed E-state index contributed by atoms with van der Waals surface area (Å²) in [4.78, 5) is 15.5. The van der Waals surface area contributed by atoms with E-state index in [2.05, 4.69) is 24.1 Å². The molecule has 0 aromatic heterocycles. The molecule has 6 heteroatoms. The highest BCUT2D eigenvalue weighted by atomic mass is 19.1. The lowest BCUT2D eigenvalue weighted by Gasteiger charge is -2.50. The van der Waals surface area contributed by atoms with Crippen LogP contribution in [-0.2, 0) is 16.8 Å². The van der Waals surface area contributed by atoms with E-state index in [1.165, 1.54) is 12.1 Å². The van der Waals surface area contributed by atoms with Crippen LogP contribution in [0, 0.1) is 5.82 Å². The lowest BCUT2D eigenvalue weighted by Crippen LogP contribution is -2.64. The number of hydrogen-bond donors (Lipinski definition) is 3. The largest absolute Gasteiger partial charge is 0.505 e. The van der Waals surface area contributed by atoms with E-state index in [0.717, 1.165) is 36.2 Å². The molecule has 184 valence electrons. The molecule has 35 heavy (non-hydrogen) atoms. The van der Waals surface area contributed by atoms with Gasteiger partial charge in [-0.1, -0.05) is 66.7 Å². The Morgan fingerprint density at radius 3 is 2.09 bits per heavy atom. The number of phenols is 1. The number of rotatable bonds is 10. The Hall–Kier alpha value is -3.22. The maximum absolute atomic E-state index is 13.3. The summed E-state index contributed by atoms with van der Waals surface area (Å²) in [6.45, 7) is 6.74. The van der Waals surface area contributed by atoms with E-state index >= 15 is 0 Å². The number of nitrogens with zero attached hydrogens (tertiary/aromatic N) is 1. The van der Waals surface area contributed by atoms with Crippen molar-refractivity contribution in [2.75, 3.05) is 13.1 Å². The molecule has 4 rings (SSSR count). The SMILES string of the molecule is CC(C)(CCC(C(N)=O)(c1ccccc1)c1ccccc1)N1CC(NCc2ccc(F)c(O)c2)C1. The summed E-state index contributed by atoms with van der Waals surface area (Å²) < 4.78 is 13.3. The molecule has 5 nitrogen and oxygen atoms in total. The summed E-state index contributed by atoms with van der Waals surface area (Å²) in [6, 6.07) is 24.4. The molecule has 1 aliphatic heterocycles. The standard InChI is InChI=1S/C29H34FN3O2/c1-28(2,33-19-24(20-33)32-18-21-13-14-25(30)26(34)17-21)15-16-29(27(31)35,22-9-5-3-6-10-22)23-11-7-4-8-12-23/h3-14,17,24,32,34H,15-16,18-20H2,1-2H3,(H2,31,35). The van der Waals surface area contributed by atoms with Crippen LogP contribution in [0.25, 0.3) is 0 Å². The summed E-state index contributed by atoms with van der Waals surface area (Å²) in [5.41, 5.74) is 7.78. The number of likely N-dealkylation sites (tertiary alicyclic amines) is 1. The molecule has 0 saturated carbocycles. The fourth-order valence-electron chi connectivity index (χ4n) is 4.99. The third-order valence-electron chi connectivity index (χ3n) is 7.41. The van der Waals surface area contributed by atoms with Crippen LogP contribution in [0.2, 0.25) is 0 Å². The van der Waals surface area contributed by atoms with Crippen molar-refractivity contribution in [3.63, 3.8) is 0 Å². The summed E-state index contributed by atoms with van der Waals surface area (Å²) >= 11 is 0. The number of aromatic hydroxyl groups is 1. The second-order valence-corrected chi connectivity index (χ2v) is 10.1. The maximum atomic E-state index is 13.3. The molecular weight excluding hydrogens is 441 g/mol. The number of primary amides is 1. The van der Waals surface area contributed by atoms with Crippen molar-refractivity contribution in [2.24, 2.45) is 5.73 Å². The van der Waals surface area contributed by atoms with Gasteiger partial charge in [0.25, 0.3) is 0 Å². The van der Waals surface area contributed by atoms with Gasteiger partial charge in [0.1, 0.15) is 0 Å². The third-order valence-corrected chi connectivity index (χ3v) is 7.41. The average Bonchev–Trinajstić information content (AvgIpc) is 2.82. The van der Waals surface area contributed by atoms with E-state index in [0.29, 0.717) is 19.0 Å². The summed E-state index contributed by atoms with van der Waals surface area (Å²) in [6.07, 6.45) is 1.39. The Balaban J connectivity index is 1.42. The van der Waals surface area contributed by atoms with Gasteiger partial charge in [0, 0.05) is 31.2 Å². The van der Waals surface area contributed by atoms with Crippen molar-refractivity contribution >= 4 is 5.91 Å². The zero-order chi connectivity index (χ0) is 25.1. The number of benzene rings is 3. The quantitative estimate of drug-likeness (QED) is 0.408. The van der Waals surface area contributed by atoms with E-state index in [1.807, 2.05) is 60.7 Å². The van der Waals surface area contributed by atoms with E-state index in [9.17, 15) is 14.3 Å².